The fourth-order valence-corrected chi connectivity index (χ4v) is 14.3. The number of hydrogen-bond acceptors (Lipinski definition) is 14. The molecule has 0 saturated carbocycles. The molecule has 0 aliphatic carbocycles. The molecule has 57 heavy (non-hydrogen) atoms. The molecule has 9 rings (SSSR count). The van der Waals surface area contributed by atoms with E-state index in [9.17, 15) is 33.7 Å². The zero-order valence-corrected chi connectivity index (χ0v) is 34.6. The monoisotopic (exact) mass is 969 g/mol. The van der Waals surface area contributed by atoms with Crippen LogP contribution in [0, 0.1) is 0 Å². The molecule has 0 spiro atoms. The van der Waals surface area contributed by atoms with E-state index in [0.717, 1.165) is 0 Å². The number of nitrogens with zero attached hydrogens (tertiary/aromatic N) is 6. The Morgan fingerprint density at radius 3 is 0.930 bits per heavy atom. The van der Waals surface area contributed by atoms with E-state index in [1.54, 1.807) is 48.5 Å². The van der Waals surface area contributed by atoms with Gasteiger partial charge in [-0.05, 0) is 0 Å². The molecule has 5 heterocycles. The normalized spacial score (nSPS) is 13.0. The van der Waals surface area contributed by atoms with Crippen LogP contribution in [0.25, 0.3) is 89.7 Å². The van der Waals surface area contributed by atoms with Gasteiger partial charge in [0.25, 0.3) is 36.2 Å². The van der Waals surface area contributed by atoms with Crippen molar-refractivity contribution < 1.29 is 50.7 Å². The Morgan fingerprint density at radius 2 is 0.632 bits per heavy atom. The molecule has 0 saturated heterocycles. The van der Waals surface area contributed by atoms with Crippen LogP contribution in [-0.2, 0) is 53.3 Å². The Balaban J connectivity index is 0.00000455. The van der Waals surface area contributed by atoms with Gasteiger partial charge in [-0.1, -0.05) is 72.8 Å². The van der Waals surface area contributed by atoms with Crippen molar-refractivity contribution in [2.24, 2.45) is 0 Å². The van der Waals surface area contributed by atoms with Crippen molar-refractivity contribution >= 4 is 123 Å². The van der Waals surface area contributed by atoms with Crippen molar-refractivity contribution in [1.29, 1.82) is 0 Å². The van der Waals surface area contributed by atoms with Gasteiger partial charge in [0.2, 0.25) is 0 Å². The first-order valence-corrected chi connectivity index (χ1v) is 24.7. The smallest absolute Gasteiger partial charge is 0.324 e. The molecule has 25 heteroatoms. The number of fused-ring (bicyclic) bond motifs is 20. The van der Waals surface area contributed by atoms with E-state index < -0.39 is 77.9 Å². The van der Waals surface area contributed by atoms with E-state index >= 15 is 0 Å². The zero-order valence-electron chi connectivity index (χ0n) is 27.3. The second kappa shape index (κ2) is 13.4. The van der Waals surface area contributed by atoms with Gasteiger partial charge in [0.15, 0.2) is 23.3 Å². The van der Waals surface area contributed by atoms with Crippen molar-refractivity contribution in [2.45, 2.75) is 19.6 Å². The molecule has 2 N–H and O–H groups in total. The summed E-state index contributed by atoms with van der Waals surface area (Å²) >= 11 is 0. The molecule has 0 fully saturated rings. The molecular formula is C32H14Cl4CuN8O8S4+. The van der Waals surface area contributed by atoms with Crippen LogP contribution < -0.4 is 0 Å². The van der Waals surface area contributed by atoms with Crippen LogP contribution in [0.2, 0.25) is 0 Å². The summed E-state index contributed by atoms with van der Waals surface area (Å²) in [7, 11) is 1.17. The predicted octanol–water partition coefficient (Wildman–Crippen LogP) is 6.58. The first-order chi connectivity index (χ1) is 26.3. The molecule has 0 radical (unpaired) electrons. The second-order valence-electron chi connectivity index (χ2n) is 12.1. The predicted molar refractivity (Wildman–Crippen MR) is 208 cm³/mol. The van der Waals surface area contributed by atoms with E-state index in [0.29, 0.717) is 44.3 Å². The van der Waals surface area contributed by atoms with Gasteiger partial charge in [-0.15, -0.1) is 0 Å². The molecule has 7 aromatic rings. The summed E-state index contributed by atoms with van der Waals surface area (Å²) in [5.74, 6) is -0.0328. The number of halogens is 4. The number of nitrogens with one attached hydrogen (secondary N) is 2. The molecular weight excluding hydrogens is 958 g/mol. The first kappa shape index (κ1) is 39.5. The Hall–Kier alpha value is -4.28. The fraction of sp³-hybridized carbons (Fsp3) is 0. The first-order valence-electron chi connectivity index (χ1n) is 15.4. The number of H-pyrrole nitrogens is 2. The van der Waals surface area contributed by atoms with Crippen molar-refractivity contribution in [2.75, 3.05) is 0 Å². The summed E-state index contributed by atoms with van der Waals surface area (Å²) < 4.78 is 107. The SMILES string of the molecule is O=S(=O)(Cl)c1c(S(=O)(=O)Cl)c(S(=O)(=O)Cl)c2c3nc4nc(nc5[nH]c(nc6nc(nc([nH]3)c2c1S(=O)(=O)Cl)-c1ccccc1-6)c1ccccc51)-c1ccccc1-4.[Cu+]. The summed E-state index contributed by atoms with van der Waals surface area (Å²) in [6.07, 6.45) is 0. The Kier molecular flexibility index (Phi) is 9.28. The van der Waals surface area contributed by atoms with E-state index in [1.165, 1.54) is 0 Å². The van der Waals surface area contributed by atoms with Gasteiger partial charge >= 0.3 is 17.1 Å². The maximum atomic E-state index is 13.5. The Labute approximate surface area is 348 Å². The summed E-state index contributed by atoms with van der Waals surface area (Å²) in [6.45, 7) is 0. The molecule has 2 aliphatic rings. The van der Waals surface area contributed by atoms with E-state index in [2.05, 4.69) is 29.9 Å². The third-order valence-electron chi connectivity index (χ3n) is 8.79. The molecule has 0 amide bonds. The summed E-state index contributed by atoms with van der Waals surface area (Å²) in [4.78, 5) is 27.3. The van der Waals surface area contributed by atoms with Crippen molar-refractivity contribution in [3.63, 3.8) is 0 Å². The van der Waals surface area contributed by atoms with Gasteiger partial charge in [-0.25, -0.2) is 63.6 Å². The maximum Gasteiger partial charge on any atom is 1.00 e. The van der Waals surface area contributed by atoms with Crippen LogP contribution in [0.4, 0.5) is 0 Å². The molecule has 4 aromatic carbocycles. The molecule has 8 bridgehead atoms. The Bertz CT molecular complexity index is 3390. The number of benzene rings is 4. The Morgan fingerprint density at radius 1 is 0.368 bits per heavy atom. The van der Waals surface area contributed by atoms with E-state index in [4.69, 9.17) is 52.7 Å². The van der Waals surface area contributed by atoms with E-state index in [1.807, 2.05) is 24.3 Å². The van der Waals surface area contributed by atoms with Crippen LogP contribution in [0.3, 0.4) is 0 Å². The van der Waals surface area contributed by atoms with Gasteiger partial charge < -0.3 is 9.97 Å². The molecule has 0 unspecified atom stereocenters. The van der Waals surface area contributed by atoms with Crippen molar-refractivity contribution in [1.82, 2.24) is 39.9 Å². The number of hydrogen-bond donors (Lipinski definition) is 2. The third kappa shape index (κ3) is 6.46. The van der Waals surface area contributed by atoms with Crippen LogP contribution in [0.1, 0.15) is 0 Å². The number of rotatable bonds is 4. The minimum absolute atomic E-state index is 0. The van der Waals surface area contributed by atoms with Gasteiger partial charge in [0, 0.05) is 75.8 Å². The summed E-state index contributed by atoms with van der Waals surface area (Å²) in [5.41, 5.74) is 1.07. The minimum atomic E-state index is -5.56. The largest absolute Gasteiger partial charge is 1.00 e. The summed E-state index contributed by atoms with van der Waals surface area (Å²) in [5, 5.41) is -0.436. The van der Waals surface area contributed by atoms with Crippen LogP contribution >= 0.6 is 42.7 Å². The molecule has 16 nitrogen and oxygen atoms in total. The van der Waals surface area contributed by atoms with E-state index in [-0.39, 0.29) is 40.4 Å². The fourth-order valence-electron chi connectivity index (χ4n) is 6.70. The molecule has 0 atom stereocenters. The minimum Gasteiger partial charge on any atom is -0.324 e. The maximum absolute atomic E-state index is 13.5. The van der Waals surface area contributed by atoms with Gasteiger partial charge in [-0.3, -0.25) is 0 Å². The standard InChI is InChI=1S/C32H14Cl4N8O8S4.Cu/c33-53(45,46)21-19-20(22(54(34,47)48)24(56(36,51)52)23(21)55(35,49)50)32-43-30-18-12-6-4-10-16(18)28(41-30)39-26-14-8-2-1-7-13(14)25(37-26)38-27-15-9-3-5-11-17(15)29(40-27)42-31(19)44-32;/h1-12H,(H2,37,38,39,40,41,42,43,44);/q;+1. The molecule has 2 aliphatic heterocycles. The second-order valence-corrected chi connectivity index (χ2v) is 22.1. The quantitative estimate of drug-likeness (QED) is 0.140. The number of aromatic nitrogens is 8. The van der Waals surface area contributed by atoms with Crippen LogP contribution in [-0.4, -0.2) is 73.5 Å². The molecule has 3 aromatic heterocycles. The van der Waals surface area contributed by atoms with Crippen molar-refractivity contribution in [3.05, 3.63) is 72.8 Å². The van der Waals surface area contributed by atoms with Crippen LogP contribution in [0.5, 0.6) is 0 Å². The topological polar surface area (TPSA) is 245 Å². The average Bonchev–Trinajstić information content (AvgIpc) is 3.84. The summed E-state index contributed by atoms with van der Waals surface area (Å²) in [6, 6.07) is 20.6. The van der Waals surface area contributed by atoms with Gasteiger partial charge in [0.1, 0.15) is 42.2 Å². The number of aromatic amines is 2. The average molecular weight is 972 g/mol. The van der Waals surface area contributed by atoms with Crippen molar-refractivity contribution in [3.8, 4) is 45.6 Å². The van der Waals surface area contributed by atoms with Crippen LogP contribution in [0.15, 0.2) is 92.4 Å². The molecule has 292 valence electrons. The van der Waals surface area contributed by atoms with Gasteiger partial charge in [0.05, 0.1) is 10.8 Å². The third-order valence-corrected chi connectivity index (χ3v) is 14.6. The van der Waals surface area contributed by atoms with Gasteiger partial charge in [-0.2, -0.15) is 0 Å². The zero-order chi connectivity index (χ0) is 39.7.